The molecule has 9 nitrogen and oxygen atoms in total. The average Bonchev–Trinajstić information content (AvgIpc) is 3.38. The summed E-state index contributed by atoms with van der Waals surface area (Å²) in [6.07, 6.45) is 0. The molecule has 11 heteroatoms. The monoisotopic (exact) mass is 586 g/mol. The van der Waals surface area contributed by atoms with E-state index in [1.54, 1.807) is 19.9 Å². The Kier molecular flexibility index (Phi) is 7.11. The standard InChI is InChI=1S/C26H23BrN2O7S/c1-11-6-7-12(2)15(8-11)20(30)18-19(14-9-16(27)21(31)17(10-14)35-4)29(24(33)22(18)32)26-28-13(3)23(37-26)25(34)36-5/h6-10,19,30-31H,1-5H3/b20-18+. The highest BCUT2D eigenvalue weighted by molar-refractivity contribution is 9.10. The van der Waals surface area contributed by atoms with Gasteiger partial charge in [0.2, 0.25) is 0 Å². The van der Waals surface area contributed by atoms with Crippen LogP contribution in [0.15, 0.2) is 40.4 Å². The van der Waals surface area contributed by atoms with Crippen molar-refractivity contribution in [1.29, 1.82) is 0 Å². The van der Waals surface area contributed by atoms with Crippen molar-refractivity contribution in [1.82, 2.24) is 4.98 Å². The van der Waals surface area contributed by atoms with Crippen LogP contribution < -0.4 is 9.64 Å². The Bertz CT molecular complexity index is 1490. The molecule has 0 spiro atoms. The number of carbonyl (C=O) groups is 3. The third-order valence-electron chi connectivity index (χ3n) is 6.04. The molecule has 1 aliphatic rings. The quantitative estimate of drug-likeness (QED) is 0.186. The number of esters is 1. The lowest BCUT2D eigenvalue weighted by atomic mass is 9.93. The summed E-state index contributed by atoms with van der Waals surface area (Å²) >= 11 is 4.18. The van der Waals surface area contributed by atoms with Crippen LogP contribution in [0.2, 0.25) is 0 Å². The van der Waals surface area contributed by atoms with Gasteiger partial charge >= 0.3 is 11.9 Å². The second-order valence-corrected chi connectivity index (χ2v) is 10.3. The van der Waals surface area contributed by atoms with Crippen molar-refractivity contribution in [2.75, 3.05) is 19.1 Å². The number of halogens is 1. The van der Waals surface area contributed by atoms with Crippen molar-refractivity contribution >= 4 is 55.8 Å². The Hall–Kier alpha value is -3.70. The van der Waals surface area contributed by atoms with E-state index in [2.05, 4.69) is 20.9 Å². The average molecular weight is 587 g/mol. The lowest BCUT2D eigenvalue weighted by Gasteiger charge is -2.24. The number of anilines is 1. The maximum Gasteiger partial charge on any atom is 0.350 e. The number of ether oxygens (including phenoxy) is 2. The van der Waals surface area contributed by atoms with Crippen molar-refractivity contribution in [2.24, 2.45) is 0 Å². The molecule has 1 unspecified atom stereocenters. The summed E-state index contributed by atoms with van der Waals surface area (Å²) in [6.45, 7) is 5.22. The number of hydrogen-bond acceptors (Lipinski definition) is 9. The van der Waals surface area contributed by atoms with Gasteiger partial charge in [0.1, 0.15) is 10.6 Å². The first-order chi connectivity index (χ1) is 17.5. The number of aromatic hydroxyl groups is 1. The van der Waals surface area contributed by atoms with Crippen LogP contribution in [0.1, 0.15) is 43.7 Å². The molecule has 2 heterocycles. The molecule has 0 saturated carbocycles. The number of methoxy groups -OCH3 is 2. The summed E-state index contributed by atoms with van der Waals surface area (Å²) in [5, 5.41) is 21.9. The SMILES string of the molecule is COC(=O)c1sc(N2C(=O)C(=O)/C(=C(/O)c3cc(C)ccc3C)C2c2cc(Br)c(O)c(OC)c2)nc1C. The fourth-order valence-electron chi connectivity index (χ4n) is 4.16. The van der Waals surface area contributed by atoms with Crippen molar-refractivity contribution in [3.63, 3.8) is 0 Å². The number of rotatable bonds is 5. The van der Waals surface area contributed by atoms with Crippen LogP contribution >= 0.6 is 27.3 Å². The highest BCUT2D eigenvalue weighted by Crippen LogP contribution is 2.47. The van der Waals surface area contributed by atoms with Crippen LogP contribution in [-0.2, 0) is 14.3 Å². The normalized spacial score (nSPS) is 16.8. The number of amides is 1. The number of phenols is 1. The number of phenolic OH excluding ortho intramolecular Hbond substituents is 1. The number of hydrogen-bond donors (Lipinski definition) is 2. The van der Waals surface area contributed by atoms with Crippen LogP contribution in [0, 0.1) is 20.8 Å². The summed E-state index contributed by atoms with van der Waals surface area (Å²) < 4.78 is 10.4. The first-order valence-corrected chi connectivity index (χ1v) is 12.6. The molecule has 1 amide bonds. The Labute approximate surface area is 225 Å². The predicted octanol–water partition coefficient (Wildman–Crippen LogP) is 4.96. The van der Waals surface area contributed by atoms with Crippen molar-refractivity contribution in [3.8, 4) is 11.5 Å². The zero-order valence-corrected chi connectivity index (χ0v) is 23.0. The van der Waals surface area contributed by atoms with E-state index >= 15 is 0 Å². The number of thiazole rings is 1. The van der Waals surface area contributed by atoms with Crippen molar-refractivity contribution < 1.29 is 34.1 Å². The fraction of sp³-hybridized carbons (Fsp3) is 0.231. The van der Waals surface area contributed by atoms with Gasteiger partial charge in [-0.05, 0) is 66.0 Å². The minimum absolute atomic E-state index is 0.0770. The minimum Gasteiger partial charge on any atom is -0.507 e. The largest absolute Gasteiger partial charge is 0.507 e. The molecule has 4 rings (SSSR count). The van der Waals surface area contributed by atoms with Gasteiger partial charge in [-0.2, -0.15) is 0 Å². The second-order valence-electron chi connectivity index (χ2n) is 8.44. The number of aromatic nitrogens is 1. The Balaban J connectivity index is 2.03. The zero-order chi connectivity index (χ0) is 27.2. The number of carbonyl (C=O) groups excluding carboxylic acids is 3. The second kappa shape index (κ2) is 9.98. The van der Waals surface area contributed by atoms with Gasteiger partial charge in [-0.25, -0.2) is 9.78 Å². The maximum absolute atomic E-state index is 13.5. The van der Waals surface area contributed by atoms with Crippen LogP contribution in [0.3, 0.4) is 0 Å². The Morgan fingerprint density at radius 2 is 1.84 bits per heavy atom. The number of nitrogens with zero attached hydrogens (tertiary/aromatic N) is 2. The molecule has 3 aromatic rings. The van der Waals surface area contributed by atoms with E-state index in [4.69, 9.17) is 9.47 Å². The zero-order valence-electron chi connectivity index (χ0n) is 20.6. The first-order valence-electron chi connectivity index (χ1n) is 11.0. The number of benzene rings is 2. The van der Waals surface area contributed by atoms with Gasteiger partial charge < -0.3 is 19.7 Å². The number of Topliss-reactive ketones (excluding diaryl/α,β-unsaturated/α-hetero) is 1. The molecule has 1 atom stereocenters. The van der Waals surface area contributed by atoms with Crippen LogP contribution in [-0.4, -0.2) is 47.1 Å². The number of ketones is 1. The van der Waals surface area contributed by atoms with Gasteiger partial charge in [-0.3, -0.25) is 14.5 Å². The third kappa shape index (κ3) is 4.49. The molecule has 192 valence electrons. The van der Waals surface area contributed by atoms with E-state index in [9.17, 15) is 24.6 Å². The third-order valence-corrected chi connectivity index (χ3v) is 7.78. The molecule has 1 saturated heterocycles. The molecule has 2 N–H and O–H groups in total. The molecule has 1 aliphatic heterocycles. The van der Waals surface area contributed by atoms with Crippen molar-refractivity contribution in [3.05, 3.63) is 73.2 Å². The Morgan fingerprint density at radius 3 is 2.49 bits per heavy atom. The lowest BCUT2D eigenvalue weighted by molar-refractivity contribution is -0.132. The Morgan fingerprint density at radius 1 is 1.14 bits per heavy atom. The minimum atomic E-state index is -1.14. The van der Waals surface area contributed by atoms with Gasteiger partial charge in [0.25, 0.3) is 5.78 Å². The molecule has 2 aromatic carbocycles. The number of aryl methyl sites for hydroxylation is 3. The van der Waals surface area contributed by atoms with Crippen LogP contribution in [0.25, 0.3) is 5.76 Å². The summed E-state index contributed by atoms with van der Waals surface area (Å²) in [4.78, 5) is 44.8. The van der Waals surface area contributed by atoms with E-state index in [0.29, 0.717) is 22.4 Å². The van der Waals surface area contributed by atoms with Gasteiger partial charge in [0, 0.05) is 5.56 Å². The topological polar surface area (TPSA) is 126 Å². The van der Waals surface area contributed by atoms with E-state index in [1.807, 2.05) is 19.1 Å². The molecule has 37 heavy (non-hydrogen) atoms. The van der Waals surface area contributed by atoms with Crippen LogP contribution in [0.5, 0.6) is 11.5 Å². The maximum atomic E-state index is 13.5. The highest BCUT2D eigenvalue weighted by atomic mass is 79.9. The van der Waals surface area contributed by atoms with Gasteiger partial charge in [0.15, 0.2) is 16.6 Å². The smallest absolute Gasteiger partial charge is 0.350 e. The van der Waals surface area contributed by atoms with Crippen LogP contribution in [0.4, 0.5) is 5.13 Å². The number of aliphatic hydroxyl groups excluding tert-OH is 1. The predicted molar refractivity (Wildman–Crippen MR) is 141 cm³/mol. The van der Waals surface area contributed by atoms with Crippen molar-refractivity contribution in [2.45, 2.75) is 26.8 Å². The van der Waals surface area contributed by atoms with Gasteiger partial charge in [-0.15, -0.1) is 0 Å². The summed E-state index contributed by atoms with van der Waals surface area (Å²) in [7, 11) is 2.60. The summed E-state index contributed by atoms with van der Waals surface area (Å²) in [5.41, 5.74) is 2.48. The molecule has 0 radical (unpaired) electrons. The van der Waals surface area contributed by atoms with E-state index < -0.39 is 23.7 Å². The summed E-state index contributed by atoms with van der Waals surface area (Å²) in [6, 6.07) is 7.27. The molecule has 0 aliphatic carbocycles. The molecule has 1 fully saturated rings. The summed E-state index contributed by atoms with van der Waals surface area (Å²) in [5.74, 6) is -2.90. The van der Waals surface area contributed by atoms with E-state index in [1.165, 1.54) is 26.4 Å². The molecule has 0 bridgehead atoms. The molecule has 1 aromatic heterocycles. The van der Waals surface area contributed by atoms with Gasteiger partial charge in [-0.1, -0.05) is 29.0 Å². The molecular weight excluding hydrogens is 564 g/mol. The number of aliphatic hydroxyl groups is 1. The molecular formula is C26H23BrN2O7S. The lowest BCUT2D eigenvalue weighted by Crippen LogP contribution is -2.29. The van der Waals surface area contributed by atoms with E-state index in [0.717, 1.165) is 21.8 Å². The van der Waals surface area contributed by atoms with Gasteiger partial charge in [0.05, 0.1) is 36.0 Å². The van der Waals surface area contributed by atoms with E-state index in [-0.39, 0.29) is 37.3 Å². The first kappa shape index (κ1) is 26.4. The fourth-order valence-corrected chi connectivity index (χ4v) is 5.63. The highest BCUT2D eigenvalue weighted by Gasteiger charge is 2.49.